The van der Waals surface area contributed by atoms with Crippen LogP contribution in [-0.2, 0) is 9.53 Å². The van der Waals surface area contributed by atoms with Gasteiger partial charge in [0.25, 0.3) is 0 Å². The van der Waals surface area contributed by atoms with Gasteiger partial charge in [0.2, 0.25) is 0 Å². The number of aliphatic hydroxyl groups is 1. The Balaban J connectivity index is 1.48. The molecule has 0 spiro atoms. The fourth-order valence-electron chi connectivity index (χ4n) is 8.86. The predicted molar refractivity (Wildman–Crippen MR) is 112 cm³/mol. The molecule has 3 nitrogen and oxygen atoms in total. The molecule has 0 aliphatic heterocycles. The Bertz CT molecular complexity index is 588. The Morgan fingerprint density at radius 2 is 1.75 bits per heavy atom. The van der Waals surface area contributed by atoms with Crippen LogP contribution in [0, 0.1) is 46.3 Å². The molecule has 3 heteroatoms. The molecule has 0 aromatic rings. The number of aliphatic hydroxyl groups excluding tert-OH is 1. The van der Waals surface area contributed by atoms with Gasteiger partial charge in [0, 0.05) is 6.42 Å². The first-order chi connectivity index (χ1) is 13.3. The van der Waals surface area contributed by atoms with E-state index in [2.05, 4.69) is 20.8 Å². The minimum absolute atomic E-state index is 0.0463. The van der Waals surface area contributed by atoms with Crippen molar-refractivity contribution < 1.29 is 14.6 Å². The largest absolute Gasteiger partial charge is 0.469 e. The summed E-state index contributed by atoms with van der Waals surface area (Å²) in [5.41, 5.74) is 0.937. The molecule has 160 valence electrons. The van der Waals surface area contributed by atoms with Crippen molar-refractivity contribution in [1.29, 1.82) is 0 Å². The Hall–Kier alpha value is -0.570. The van der Waals surface area contributed by atoms with Crippen LogP contribution in [0.4, 0.5) is 0 Å². The number of carbonyl (C=O) groups excluding carboxylic acids is 1. The van der Waals surface area contributed by atoms with Crippen molar-refractivity contribution in [1.82, 2.24) is 0 Å². The topological polar surface area (TPSA) is 46.5 Å². The van der Waals surface area contributed by atoms with Crippen molar-refractivity contribution in [3.63, 3.8) is 0 Å². The minimum atomic E-state index is -0.0546. The van der Waals surface area contributed by atoms with Crippen LogP contribution >= 0.6 is 0 Å². The van der Waals surface area contributed by atoms with Crippen molar-refractivity contribution in [2.45, 2.75) is 97.5 Å². The van der Waals surface area contributed by atoms with Gasteiger partial charge in [0.15, 0.2) is 0 Å². The van der Waals surface area contributed by atoms with Gasteiger partial charge in [0.1, 0.15) is 0 Å². The van der Waals surface area contributed by atoms with Crippen LogP contribution in [0.15, 0.2) is 0 Å². The number of fused-ring (bicyclic) bond motifs is 5. The Labute approximate surface area is 172 Å². The molecule has 1 N–H and O–H groups in total. The van der Waals surface area contributed by atoms with Crippen LogP contribution in [0.1, 0.15) is 91.4 Å². The standard InChI is InChI=1S/C25H42O3/c1-16(5-10-23(27)28-4)20-8-9-21-19-7-6-17-15-18(26)11-13-24(17,2)22(19)12-14-25(20,21)3/h16-22,26H,5-15H2,1-4H3/t16-,17-,18-,19-,20-,21-,22-,24-,25+/m0/s1. The highest BCUT2D eigenvalue weighted by molar-refractivity contribution is 5.69. The van der Waals surface area contributed by atoms with Gasteiger partial charge in [-0.2, -0.15) is 0 Å². The minimum Gasteiger partial charge on any atom is -0.469 e. The molecule has 4 aliphatic rings. The first-order valence-corrected chi connectivity index (χ1v) is 12.0. The van der Waals surface area contributed by atoms with Crippen LogP contribution in [0.25, 0.3) is 0 Å². The normalized spacial score (nSPS) is 48.9. The second-order valence-electron chi connectivity index (χ2n) is 11.4. The smallest absolute Gasteiger partial charge is 0.305 e. The third kappa shape index (κ3) is 3.24. The lowest BCUT2D eigenvalue weighted by molar-refractivity contribution is -0.141. The molecule has 0 aromatic carbocycles. The molecule has 4 saturated carbocycles. The van der Waals surface area contributed by atoms with E-state index in [0.29, 0.717) is 23.2 Å². The van der Waals surface area contributed by atoms with Crippen LogP contribution < -0.4 is 0 Å². The molecule has 28 heavy (non-hydrogen) atoms. The molecule has 4 fully saturated rings. The SMILES string of the molecule is COC(=O)CC[C@H](C)[C@@H]1CC[C@H]2[C@@H]3CC[C@H]4C[C@@H](O)CC[C@]4(C)[C@H]3CC[C@@]21C. The van der Waals surface area contributed by atoms with Crippen molar-refractivity contribution >= 4 is 5.97 Å². The summed E-state index contributed by atoms with van der Waals surface area (Å²) in [6.07, 6.45) is 13.1. The number of methoxy groups -OCH3 is 1. The number of hydrogen-bond donors (Lipinski definition) is 1. The second kappa shape index (κ2) is 7.60. The molecular weight excluding hydrogens is 348 g/mol. The molecule has 4 aliphatic carbocycles. The van der Waals surface area contributed by atoms with Crippen LogP contribution in [-0.4, -0.2) is 24.3 Å². The van der Waals surface area contributed by atoms with Gasteiger partial charge in [-0.05, 0) is 111 Å². The molecule has 0 unspecified atom stereocenters. The van der Waals surface area contributed by atoms with Crippen molar-refractivity contribution in [3.05, 3.63) is 0 Å². The molecule has 9 atom stereocenters. The summed E-state index contributed by atoms with van der Waals surface area (Å²) in [4.78, 5) is 11.6. The molecule has 4 rings (SSSR count). The average Bonchev–Trinajstić information content (AvgIpc) is 3.03. The van der Waals surface area contributed by atoms with E-state index in [0.717, 1.165) is 48.9 Å². The number of hydrogen-bond acceptors (Lipinski definition) is 3. The summed E-state index contributed by atoms with van der Waals surface area (Å²) in [7, 11) is 1.50. The summed E-state index contributed by atoms with van der Waals surface area (Å²) in [6, 6.07) is 0. The lowest BCUT2D eigenvalue weighted by Gasteiger charge is -2.61. The summed E-state index contributed by atoms with van der Waals surface area (Å²) < 4.78 is 4.88. The van der Waals surface area contributed by atoms with Gasteiger partial charge in [-0.3, -0.25) is 4.79 Å². The summed E-state index contributed by atoms with van der Waals surface area (Å²) in [5, 5.41) is 10.2. The van der Waals surface area contributed by atoms with Gasteiger partial charge < -0.3 is 9.84 Å². The van der Waals surface area contributed by atoms with Gasteiger partial charge >= 0.3 is 5.97 Å². The lowest BCUT2D eigenvalue weighted by atomic mass is 9.44. The maximum absolute atomic E-state index is 11.6. The maximum Gasteiger partial charge on any atom is 0.305 e. The summed E-state index contributed by atoms with van der Waals surface area (Å²) in [6.45, 7) is 7.56. The van der Waals surface area contributed by atoms with Crippen LogP contribution in [0.2, 0.25) is 0 Å². The van der Waals surface area contributed by atoms with Crippen molar-refractivity contribution in [3.8, 4) is 0 Å². The van der Waals surface area contributed by atoms with Crippen molar-refractivity contribution in [2.75, 3.05) is 7.11 Å². The first kappa shape index (κ1) is 20.7. The van der Waals surface area contributed by atoms with E-state index < -0.39 is 0 Å². The predicted octanol–water partition coefficient (Wildman–Crippen LogP) is 5.60. The van der Waals surface area contributed by atoms with Crippen LogP contribution in [0.3, 0.4) is 0 Å². The van der Waals surface area contributed by atoms with Crippen LogP contribution in [0.5, 0.6) is 0 Å². The maximum atomic E-state index is 11.6. The molecule has 0 saturated heterocycles. The first-order valence-electron chi connectivity index (χ1n) is 12.0. The zero-order valence-corrected chi connectivity index (χ0v) is 18.6. The summed E-state index contributed by atoms with van der Waals surface area (Å²) in [5.74, 6) is 4.72. The van der Waals surface area contributed by atoms with E-state index in [1.807, 2.05) is 0 Å². The number of carbonyl (C=O) groups is 1. The lowest BCUT2D eigenvalue weighted by Crippen LogP contribution is -2.54. The highest BCUT2D eigenvalue weighted by Gasteiger charge is 2.60. The fourth-order valence-corrected chi connectivity index (χ4v) is 8.86. The third-order valence-electron chi connectivity index (χ3n) is 10.4. The number of rotatable bonds is 4. The Kier molecular flexibility index (Phi) is 5.61. The van der Waals surface area contributed by atoms with E-state index in [1.54, 1.807) is 0 Å². The second-order valence-corrected chi connectivity index (χ2v) is 11.4. The average molecular weight is 391 g/mol. The van der Waals surface area contributed by atoms with Crippen molar-refractivity contribution in [2.24, 2.45) is 46.3 Å². The van der Waals surface area contributed by atoms with Gasteiger partial charge in [-0.15, -0.1) is 0 Å². The van der Waals surface area contributed by atoms with E-state index in [-0.39, 0.29) is 12.1 Å². The Morgan fingerprint density at radius 3 is 2.50 bits per heavy atom. The molecule has 0 aromatic heterocycles. The molecule has 0 amide bonds. The third-order valence-corrected chi connectivity index (χ3v) is 10.4. The highest BCUT2D eigenvalue weighted by Crippen LogP contribution is 2.68. The van der Waals surface area contributed by atoms with Gasteiger partial charge in [0.05, 0.1) is 13.2 Å². The molecule has 0 radical (unpaired) electrons. The zero-order valence-electron chi connectivity index (χ0n) is 18.6. The summed E-state index contributed by atoms with van der Waals surface area (Å²) >= 11 is 0. The van der Waals surface area contributed by atoms with Gasteiger partial charge in [-0.25, -0.2) is 0 Å². The number of esters is 1. The highest BCUT2D eigenvalue weighted by atomic mass is 16.5. The monoisotopic (exact) mass is 390 g/mol. The molecular formula is C25H42O3. The fraction of sp³-hybridized carbons (Fsp3) is 0.960. The quantitative estimate of drug-likeness (QED) is 0.636. The number of ether oxygens (including phenoxy) is 1. The van der Waals surface area contributed by atoms with E-state index in [9.17, 15) is 9.90 Å². The molecule has 0 bridgehead atoms. The molecule has 0 heterocycles. The van der Waals surface area contributed by atoms with E-state index >= 15 is 0 Å². The zero-order chi connectivity index (χ0) is 20.1. The van der Waals surface area contributed by atoms with Gasteiger partial charge in [-0.1, -0.05) is 20.8 Å². The Morgan fingerprint density at radius 1 is 1.04 bits per heavy atom. The van der Waals surface area contributed by atoms with E-state index in [1.165, 1.54) is 52.1 Å². The van der Waals surface area contributed by atoms with E-state index in [4.69, 9.17) is 4.74 Å².